The highest BCUT2D eigenvalue weighted by atomic mass is 35.5. The third kappa shape index (κ3) is 4.93. The molecule has 0 spiro atoms. The van der Waals surface area contributed by atoms with Gasteiger partial charge >= 0.3 is 18.4 Å². The SMILES string of the molecule is F/C(Oc1cc(Cl)c(Cl)c(Cl)c1)=C(/F)OC(F)(F)F. The smallest absolute Gasteiger partial charge is 0.427 e. The van der Waals surface area contributed by atoms with E-state index in [2.05, 4.69) is 9.47 Å². The maximum atomic E-state index is 12.9. The maximum Gasteiger partial charge on any atom is 0.574 e. The topological polar surface area (TPSA) is 18.5 Å². The van der Waals surface area contributed by atoms with E-state index in [9.17, 15) is 22.0 Å². The number of rotatable bonds is 3. The van der Waals surface area contributed by atoms with Crippen molar-refractivity contribution in [2.24, 2.45) is 0 Å². The van der Waals surface area contributed by atoms with Crippen LogP contribution in [0.25, 0.3) is 0 Å². The zero-order chi connectivity index (χ0) is 14.8. The summed E-state index contributed by atoms with van der Waals surface area (Å²) >= 11 is 16.7. The van der Waals surface area contributed by atoms with E-state index in [-0.39, 0.29) is 15.1 Å². The number of hydrogen-bond donors (Lipinski definition) is 0. The normalized spacial score (nSPS) is 13.1. The summed E-state index contributed by atoms with van der Waals surface area (Å²) in [5, 5.41) is -0.393. The van der Waals surface area contributed by atoms with Crippen LogP contribution < -0.4 is 4.74 Å². The van der Waals surface area contributed by atoms with Crippen LogP contribution in [0.5, 0.6) is 5.75 Å². The van der Waals surface area contributed by atoms with Gasteiger partial charge < -0.3 is 9.47 Å². The van der Waals surface area contributed by atoms with Gasteiger partial charge in [0.2, 0.25) is 0 Å². The Hall–Kier alpha value is -0.920. The maximum absolute atomic E-state index is 12.9. The van der Waals surface area contributed by atoms with Crippen molar-refractivity contribution in [1.29, 1.82) is 0 Å². The van der Waals surface area contributed by atoms with E-state index in [1.54, 1.807) is 0 Å². The Kier molecular flexibility index (Phi) is 5.11. The quantitative estimate of drug-likeness (QED) is 0.402. The third-order valence-corrected chi connectivity index (χ3v) is 2.72. The van der Waals surface area contributed by atoms with Gasteiger partial charge in [-0.25, -0.2) is 0 Å². The van der Waals surface area contributed by atoms with E-state index in [0.717, 1.165) is 12.1 Å². The molecule has 0 bridgehead atoms. The summed E-state index contributed by atoms with van der Waals surface area (Å²) in [4.78, 5) is 0. The van der Waals surface area contributed by atoms with Crippen LogP contribution >= 0.6 is 34.8 Å². The van der Waals surface area contributed by atoms with Gasteiger partial charge in [-0.3, -0.25) is 0 Å². The molecule has 0 heterocycles. The molecule has 0 atom stereocenters. The predicted octanol–water partition coefficient (Wildman–Crippen LogP) is 5.63. The zero-order valence-electron chi connectivity index (χ0n) is 8.49. The Morgan fingerprint density at radius 3 is 1.84 bits per heavy atom. The van der Waals surface area contributed by atoms with Crippen LogP contribution in [-0.2, 0) is 4.74 Å². The summed E-state index contributed by atoms with van der Waals surface area (Å²) < 4.78 is 67.1. The largest absolute Gasteiger partial charge is 0.574 e. The first-order valence-electron chi connectivity index (χ1n) is 4.23. The Morgan fingerprint density at radius 1 is 0.947 bits per heavy atom. The number of halogens is 8. The van der Waals surface area contributed by atoms with E-state index in [1.807, 2.05) is 0 Å². The first-order valence-corrected chi connectivity index (χ1v) is 5.37. The molecule has 2 nitrogen and oxygen atoms in total. The summed E-state index contributed by atoms with van der Waals surface area (Å²) in [6, 6.07) is -2.98. The molecule has 0 N–H and O–H groups in total. The second-order valence-electron chi connectivity index (χ2n) is 2.90. The van der Waals surface area contributed by atoms with Crippen LogP contribution in [0, 0.1) is 0 Å². The Bertz CT molecular complexity index is 492. The van der Waals surface area contributed by atoms with Gasteiger partial charge in [-0.05, 0) is 0 Å². The van der Waals surface area contributed by atoms with E-state index >= 15 is 0 Å². The van der Waals surface area contributed by atoms with E-state index in [1.165, 1.54) is 0 Å². The van der Waals surface area contributed by atoms with E-state index in [0.29, 0.717) is 0 Å². The van der Waals surface area contributed by atoms with Crippen molar-refractivity contribution in [3.8, 4) is 5.75 Å². The molecule has 0 saturated carbocycles. The molecule has 0 radical (unpaired) electrons. The average molecular weight is 343 g/mol. The van der Waals surface area contributed by atoms with Gasteiger partial charge in [-0.1, -0.05) is 34.8 Å². The minimum atomic E-state index is -5.39. The van der Waals surface area contributed by atoms with Crippen LogP contribution in [-0.4, -0.2) is 6.36 Å². The lowest BCUT2D eigenvalue weighted by Gasteiger charge is -2.09. The number of alkyl halides is 3. The molecule has 0 aliphatic heterocycles. The molecule has 0 aliphatic carbocycles. The molecule has 0 unspecified atom stereocenters. The highest BCUT2D eigenvalue weighted by Gasteiger charge is 2.34. The van der Waals surface area contributed by atoms with Crippen LogP contribution in [0.2, 0.25) is 15.1 Å². The molecule has 10 heteroatoms. The predicted molar refractivity (Wildman–Crippen MR) is 58.5 cm³/mol. The lowest BCUT2D eigenvalue weighted by atomic mass is 10.3. The van der Waals surface area contributed by atoms with Crippen LogP contribution in [0.4, 0.5) is 22.0 Å². The van der Waals surface area contributed by atoms with Crippen molar-refractivity contribution in [2.45, 2.75) is 6.36 Å². The van der Waals surface area contributed by atoms with Gasteiger partial charge in [0.25, 0.3) is 0 Å². The monoisotopic (exact) mass is 342 g/mol. The van der Waals surface area contributed by atoms with Crippen molar-refractivity contribution in [3.63, 3.8) is 0 Å². The Morgan fingerprint density at radius 2 is 1.42 bits per heavy atom. The highest BCUT2D eigenvalue weighted by Crippen LogP contribution is 2.35. The van der Waals surface area contributed by atoms with Gasteiger partial charge in [0.15, 0.2) is 0 Å². The van der Waals surface area contributed by atoms with Crippen LogP contribution in [0.3, 0.4) is 0 Å². The number of benzene rings is 1. The van der Waals surface area contributed by atoms with Crippen LogP contribution in [0.15, 0.2) is 24.2 Å². The molecule has 106 valence electrons. The van der Waals surface area contributed by atoms with Gasteiger partial charge in [0, 0.05) is 12.1 Å². The summed E-state index contributed by atoms with van der Waals surface area (Å²) in [6.45, 7) is 0. The Labute approximate surface area is 118 Å². The molecule has 1 aromatic rings. The van der Waals surface area contributed by atoms with Crippen molar-refractivity contribution < 1.29 is 31.4 Å². The van der Waals surface area contributed by atoms with Crippen molar-refractivity contribution in [2.75, 3.05) is 0 Å². The number of ether oxygens (including phenoxy) is 2. The second kappa shape index (κ2) is 6.02. The minimum Gasteiger partial charge on any atom is -0.427 e. The summed E-state index contributed by atoms with van der Waals surface area (Å²) in [5.41, 5.74) is 0. The fourth-order valence-electron chi connectivity index (χ4n) is 0.877. The van der Waals surface area contributed by atoms with Crippen molar-refractivity contribution >= 4 is 34.8 Å². The molecule has 19 heavy (non-hydrogen) atoms. The number of hydrogen-bond acceptors (Lipinski definition) is 2. The molecular formula is C9H2Cl3F5O2. The fraction of sp³-hybridized carbons (Fsp3) is 0.111. The van der Waals surface area contributed by atoms with E-state index < -0.39 is 24.1 Å². The summed E-state index contributed by atoms with van der Waals surface area (Å²) in [5.74, 6) is -0.460. The minimum absolute atomic E-state index is 0.0768. The van der Waals surface area contributed by atoms with Crippen molar-refractivity contribution in [1.82, 2.24) is 0 Å². The summed E-state index contributed by atoms with van der Waals surface area (Å²) in [7, 11) is 0. The second-order valence-corrected chi connectivity index (χ2v) is 4.09. The molecular weight excluding hydrogens is 341 g/mol. The van der Waals surface area contributed by atoms with Gasteiger partial charge in [-0.15, -0.1) is 13.2 Å². The van der Waals surface area contributed by atoms with Crippen molar-refractivity contribution in [3.05, 3.63) is 39.2 Å². The molecule has 0 aromatic heterocycles. The molecule has 0 saturated heterocycles. The standard InChI is InChI=1S/C9H2Cl3F5O2/c10-4-1-3(2-5(11)6(4)12)18-7(13)8(14)19-9(15,16)17/h1-2H/b8-7+. The highest BCUT2D eigenvalue weighted by molar-refractivity contribution is 6.48. The molecule has 1 aromatic carbocycles. The molecule has 0 amide bonds. The van der Waals surface area contributed by atoms with Gasteiger partial charge in [-0.2, -0.15) is 8.78 Å². The lowest BCUT2D eigenvalue weighted by molar-refractivity contribution is -0.316. The van der Waals surface area contributed by atoms with Gasteiger partial charge in [0.05, 0.1) is 15.1 Å². The first kappa shape index (κ1) is 16.1. The van der Waals surface area contributed by atoms with Gasteiger partial charge in [0.1, 0.15) is 5.75 Å². The Balaban J connectivity index is 2.93. The molecule has 0 aliphatic rings. The molecule has 1 rings (SSSR count). The fourth-order valence-corrected chi connectivity index (χ4v) is 1.45. The average Bonchev–Trinajstić information content (AvgIpc) is 2.23. The lowest BCUT2D eigenvalue weighted by Crippen LogP contribution is -2.12. The molecule has 0 fully saturated rings. The van der Waals surface area contributed by atoms with Crippen LogP contribution in [0.1, 0.15) is 0 Å². The summed E-state index contributed by atoms with van der Waals surface area (Å²) in [6.07, 6.45) is -5.39. The zero-order valence-corrected chi connectivity index (χ0v) is 10.8. The third-order valence-electron chi connectivity index (χ3n) is 1.52. The van der Waals surface area contributed by atoms with E-state index in [4.69, 9.17) is 34.8 Å². The first-order chi connectivity index (χ1) is 8.60.